The van der Waals surface area contributed by atoms with Gasteiger partial charge in [0.15, 0.2) is 17.3 Å². The number of Topliss-reactive ketones (excluding diaryl/α,β-unsaturated/α-hetero) is 1. The second-order valence-corrected chi connectivity index (χ2v) is 9.56. The molecule has 31 heavy (non-hydrogen) atoms. The normalized spacial score (nSPS) is 12.6. The van der Waals surface area contributed by atoms with Crippen molar-refractivity contribution in [2.24, 2.45) is 0 Å². The molecule has 160 valence electrons. The fraction of sp³-hybridized carbons (Fsp3) is 0.211. The van der Waals surface area contributed by atoms with Crippen molar-refractivity contribution in [2.75, 3.05) is 11.5 Å². The minimum Gasteiger partial charge on any atom is -0.454 e. The number of aromatic nitrogens is 1. The van der Waals surface area contributed by atoms with Crippen LogP contribution in [0.3, 0.4) is 0 Å². The van der Waals surface area contributed by atoms with E-state index in [-0.39, 0.29) is 39.5 Å². The number of fused-ring (bicyclic) bond motifs is 1. The predicted octanol–water partition coefficient (Wildman–Crippen LogP) is 3.83. The molecule has 3 aromatic rings. The minimum absolute atomic E-state index is 0.0104. The Kier molecular flexibility index (Phi) is 5.38. The quantitative estimate of drug-likeness (QED) is 0.527. The number of carbonyl (C=O) groups is 1. The number of anilines is 1. The molecule has 0 atom stereocenters. The van der Waals surface area contributed by atoms with Crippen LogP contribution in [0.1, 0.15) is 32.1 Å². The lowest BCUT2D eigenvalue weighted by atomic mass is 9.97. The maximum Gasteiger partial charge on any atom is 0.265 e. The van der Waals surface area contributed by atoms with Gasteiger partial charge in [0.05, 0.1) is 4.88 Å². The van der Waals surface area contributed by atoms with Crippen LogP contribution in [0, 0.1) is 25.2 Å². The molecule has 0 radical (unpaired) electrons. The van der Waals surface area contributed by atoms with E-state index in [0.717, 1.165) is 11.3 Å². The fourth-order valence-electron chi connectivity index (χ4n) is 3.07. The molecule has 1 aliphatic rings. The number of hydrogen-bond donors (Lipinski definition) is 1. The van der Waals surface area contributed by atoms with E-state index in [1.54, 1.807) is 19.9 Å². The number of benzene rings is 1. The summed E-state index contributed by atoms with van der Waals surface area (Å²) in [6, 6.07) is 5.02. The molecule has 1 N–H and O–H groups in total. The van der Waals surface area contributed by atoms with Crippen LogP contribution in [-0.4, -0.2) is 26.2 Å². The first kappa shape index (κ1) is 21.2. The number of rotatable bonds is 6. The van der Waals surface area contributed by atoms with Crippen LogP contribution in [0.5, 0.6) is 11.5 Å². The van der Waals surface area contributed by atoms with Crippen molar-refractivity contribution in [3.05, 3.63) is 49.8 Å². The van der Waals surface area contributed by atoms with E-state index in [4.69, 9.17) is 25.6 Å². The predicted molar refractivity (Wildman–Crippen MR) is 111 cm³/mol. The van der Waals surface area contributed by atoms with Gasteiger partial charge in [0, 0.05) is 6.42 Å². The minimum atomic E-state index is -4.16. The van der Waals surface area contributed by atoms with Gasteiger partial charge in [-0.25, -0.2) is 13.1 Å². The molecule has 2 aromatic heterocycles. The molecule has 0 amide bonds. The lowest BCUT2D eigenvalue weighted by molar-refractivity contribution is 0.0994. The van der Waals surface area contributed by atoms with E-state index >= 15 is 0 Å². The molecule has 0 unspecified atom stereocenters. The van der Waals surface area contributed by atoms with Gasteiger partial charge in [-0.2, -0.15) is 5.26 Å². The topological polar surface area (TPSA) is 132 Å². The Balaban J connectivity index is 1.65. The second-order valence-electron chi connectivity index (χ2n) is 6.61. The van der Waals surface area contributed by atoms with E-state index in [0.29, 0.717) is 28.3 Å². The molecular weight excluding hydrogens is 466 g/mol. The molecular formula is C19H14ClN3O6S2. The smallest absolute Gasteiger partial charge is 0.265 e. The van der Waals surface area contributed by atoms with Gasteiger partial charge in [0.2, 0.25) is 6.79 Å². The lowest BCUT2D eigenvalue weighted by Crippen LogP contribution is -2.16. The molecule has 12 heteroatoms. The molecule has 0 aliphatic carbocycles. The van der Waals surface area contributed by atoms with Crippen LogP contribution >= 0.6 is 22.9 Å². The second kappa shape index (κ2) is 7.88. The summed E-state index contributed by atoms with van der Waals surface area (Å²) in [6.45, 7) is 3.25. The van der Waals surface area contributed by atoms with Gasteiger partial charge in [-0.1, -0.05) is 16.8 Å². The number of nitriles is 1. The molecule has 0 spiro atoms. The summed E-state index contributed by atoms with van der Waals surface area (Å²) < 4.78 is 43.5. The molecule has 0 saturated heterocycles. The van der Waals surface area contributed by atoms with Gasteiger partial charge in [0.25, 0.3) is 15.9 Å². The highest BCUT2D eigenvalue weighted by atomic mass is 35.5. The largest absolute Gasteiger partial charge is 0.454 e. The molecule has 0 saturated carbocycles. The van der Waals surface area contributed by atoms with Gasteiger partial charge in [-0.15, -0.1) is 11.3 Å². The van der Waals surface area contributed by atoms with Crippen LogP contribution in [0.25, 0.3) is 0 Å². The summed E-state index contributed by atoms with van der Waals surface area (Å²) in [6.07, 6.45) is -0.123. The van der Waals surface area contributed by atoms with Crippen LogP contribution in [-0.2, 0) is 16.4 Å². The number of sulfonamides is 1. The van der Waals surface area contributed by atoms with Gasteiger partial charge in [-0.3, -0.25) is 4.79 Å². The van der Waals surface area contributed by atoms with E-state index in [1.807, 2.05) is 0 Å². The first-order valence-electron chi connectivity index (χ1n) is 8.80. The molecule has 0 bridgehead atoms. The summed E-state index contributed by atoms with van der Waals surface area (Å²) >= 11 is 6.98. The molecule has 3 heterocycles. The standard InChI is InChI=1S/C19H14ClN3O6S2/c1-9-11(6-14-17(12(9)7-21)28-8-27-14)5-13(24)18-15(3-4-30-18)31(25,26)23-19-16(20)10(2)22-29-19/h3-4,6,23H,5,8H2,1-2H3. The number of hydrogen-bond acceptors (Lipinski definition) is 9. The zero-order valence-electron chi connectivity index (χ0n) is 16.2. The summed E-state index contributed by atoms with van der Waals surface area (Å²) in [7, 11) is -4.16. The first-order valence-corrected chi connectivity index (χ1v) is 11.5. The summed E-state index contributed by atoms with van der Waals surface area (Å²) in [5, 5.41) is 14.6. The average molecular weight is 480 g/mol. The molecule has 0 fully saturated rings. The van der Waals surface area contributed by atoms with Crippen LogP contribution in [0.4, 0.5) is 5.88 Å². The number of thiophene rings is 1. The number of ether oxygens (including phenoxy) is 2. The number of aryl methyl sites for hydroxylation is 1. The number of nitrogens with zero attached hydrogens (tertiary/aromatic N) is 2. The maximum absolute atomic E-state index is 13.0. The van der Waals surface area contributed by atoms with E-state index in [2.05, 4.69) is 15.9 Å². The lowest BCUT2D eigenvalue weighted by Gasteiger charge is -2.10. The third kappa shape index (κ3) is 3.74. The van der Waals surface area contributed by atoms with Crippen molar-refractivity contribution < 1.29 is 27.2 Å². The van der Waals surface area contributed by atoms with Gasteiger partial charge in [-0.05, 0) is 42.5 Å². The molecule has 1 aromatic carbocycles. The Morgan fingerprint density at radius 3 is 2.84 bits per heavy atom. The van der Waals surface area contributed by atoms with Crippen LogP contribution in [0.15, 0.2) is 26.9 Å². The highest BCUT2D eigenvalue weighted by Gasteiger charge is 2.28. The summed E-state index contributed by atoms with van der Waals surface area (Å²) in [5.41, 5.74) is 1.73. The van der Waals surface area contributed by atoms with Crippen molar-refractivity contribution in [3.8, 4) is 17.6 Å². The molecule has 9 nitrogen and oxygen atoms in total. The number of halogens is 1. The summed E-state index contributed by atoms with van der Waals surface area (Å²) in [4.78, 5) is 12.9. The summed E-state index contributed by atoms with van der Waals surface area (Å²) in [5.74, 6) is 0.0649. The Bertz CT molecular complexity index is 1350. The molecule has 4 rings (SSSR count). The maximum atomic E-state index is 13.0. The monoisotopic (exact) mass is 479 g/mol. The fourth-order valence-corrected chi connectivity index (χ4v) is 5.63. The van der Waals surface area contributed by atoms with Crippen molar-refractivity contribution in [1.29, 1.82) is 5.26 Å². The van der Waals surface area contributed by atoms with Gasteiger partial charge >= 0.3 is 0 Å². The number of nitrogens with one attached hydrogen (secondary N) is 1. The highest BCUT2D eigenvalue weighted by Crippen LogP contribution is 2.39. The van der Waals surface area contributed by atoms with Crippen molar-refractivity contribution in [3.63, 3.8) is 0 Å². The Labute approximate surface area is 186 Å². The number of ketones is 1. The van der Waals surface area contributed by atoms with E-state index < -0.39 is 15.8 Å². The van der Waals surface area contributed by atoms with Gasteiger partial charge < -0.3 is 14.0 Å². The SMILES string of the molecule is Cc1noc(NS(=O)(=O)c2ccsc2C(=O)Cc2cc3c(c(C#N)c2C)OCO3)c1Cl. The van der Waals surface area contributed by atoms with Gasteiger partial charge in [0.1, 0.15) is 27.2 Å². The Morgan fingerprint density at radius 1 is 1.39 bits per heavy atom. The van der Waals surface area contributed by atoms with E-state index in [1.165, 1.54) is 11.4 Å². The Morgan fingerprint density at radius 2 is 2.16 bits per heavy atom. The molecule has 1 aliphatic heterocycles. The Hall–Kier alpha value is -3.07. The van der Waals surface area contributed by atoms with Crippen molar-refractivity contribution >= 4 is 44.6 Å². The number of carbonyl (C=O) groups excluding carboxylic acids is 1. The van der Waals surface area contributed by atoms with Crippen LogP contribution < -0.4 is 14.2 Å². The van der Waals surface area contributed by atoms with E-state index in [9.17, 15) is 18.5 Å². The van der Waals surface area contributed by atoms with Crippen molar-refractivity contribution in [1.82, 2.24) is 5.16 Å². The first-order chi connectivity index (χ1) is 14.7. The zero-order chi connectivity index (χ0) is 22.3. The van der Waals surface area contributed by atoms with Crippen molar-refractivity contribution in [2.45, 2.75) is 25.2 Å². The average Bonchev–Trinajstić information content (AvgIpc) is 3.46. The highest BCUT2D eigenvalue weighted by molar-refractivity contribution is 7.93. The third-order valence-corrected chi connectivity index (χ3v) is 7.59. The van der Waals surface area contributed by atoms with Crippen LogP contribution in [0.2, 0.25) is 5.02 Å². The third-order valence-electron chi connectivity index (χ3n) is 4.68. The zero-order valence-corrected chi connectivity index (χ0v) is 18.6.